The third-order valence-electron chi connectivity index (χ3n) is 8.84. The van der Waals surface area contributed by atoms with E-state index in [9.17, 15) is 0 Å². The average molecular weight is 854 g/mol. The van der Waals surface area contributed by atoms with Crippen LogP contribution in [0.15, 0.2) is 140 Å². The van der Waals surface area contributed by atoms with E-state index >= 15 is 0 Å². The maximum absolute atomic E-state index is 4.95. The molecule has 0 saturated carbocycles. The van der Waals surface area contributed by atoms with Crippen LogP contribution in [-0.4, -0.2) is 39.9 Å². The molecule has 0 saturated heterocycles. The summed E-state index contributed by atoms with van der Waals surface area (Å²) < 4.78 is 0. The largest absolute Gasteiger partial charge is 3.00 e. The van der Waals surface area contributed by atoms with E-state index in [1.54, 1.807) is 22.7 Å². The number of imidazole rings is 1. The van der Waals surface area contributed by atoms with Crippen LogP contribution in [0.1, 0.15) is 22.3 Å². The summed E-state index contributed by atoms with van der Waals surface area (Å²) in [5.74, 6) is 0.888. The van der Waals surface area contributed by atoms with Gasteiger partial charge in [0.25, 0.3) is 0 Å². The number of H-pyrrole nitrogens is 1. The van der Waals surface area contributed by atoms with Crippen LogP contribution in [0.3, 0.4) is 0 Å². The van der Waals surface area contributed by atoms with Crippen LogP contribution in [0.5, 0.6) is 0 Å². The van der Waals surface area contributed by atoms with Crippen molar-refractivity contribution in [2.24, 2.45) is 0 Å². The van der Waals surface area contributed by atoms with E-state index < -0.39 is 0 Å². The van der Waals surface area contributed by atoms with Crippen LogP contribution in [0.4, 0.5) is 0 Å². The van der Waals surface area contributed by atoms with Crippen molar-refractivity contribution in [2.45, 2.75) is 27.7 Å². The fourth-order valence-electron chi connectivity index (χ4n) is 5.95. The summed E-state index contributed by atoms with van der Waals surface area (Å²) in [7, 11) is 0. The number of benzene rings is 1. The molecule has 10 rings (SSSR count). The minimum Gasteiger partial charge on any atom is -0.337 e. The minimum atomic E-state index is 0. The molecule has 0 fully saturated rings. The summed E-state index contributed by atoms with van der Waals surface area (Å²) in [4.78, 5) is 38.6. The van der Waals surface area contributed by atoms with Gasteiger partial charge in [0.2, 0.25) is 0 Å². The Kier molecular flexibility index (Phi) is 11.9. The third kappa shape index (κ3) is 8.50. The summed E-state index contributed by atoms with van der Waals surface area (Å²) in [5, 5.41) is 4.18. The molecule has 1 radical (unpaired) electrons. The van der Waals surface area contributed by atoms with Gasteiger partial charge in [-0.1, -0.05) is 30.3 Å². The van der Waals surface area contributed by atoms with E-state index in [1.807, 2.05) is 126 Å². The molecule has 10 aromatic rings. The van der Waals surface area contributed by atoms with E-state index in [4.69, 9.17) is 4.98 Å². The smallest absolute Gasteiger partial charge is 0.337 e. The van der Waals surface area contributed by atoms with Gasteiger partial charge in [-0.15, -0.1) is 22.7 Å². The zero-order valence-electron chi connectivity index (χ0n) is 31.1. The van der Waals surface area contributed by atoms with Crippen LogP contribution >= 0.6 is 22.7 Å². The molecule has 9 aromatic heterocycles. The number of fused-ring (bicyclic) bond motifs is 6. The number of hydrogen-bond acceptors (Lipinski definition) is 9. The first kappa shape index (κ1) is 38.4. The maximum Gasteiger partial charge on any atom is 3.00 e. The Hall–Kier alpha value is -5.87. The van der Waals surface area contributed by atoms with Gasteiger partial charge in [0.15, 0.2) is 0 Å². The van der Waals surface area contributed by atoms with Gasteiger partial charge in [0.1, 0.15) is 5.82 Å². The third-order valence-corrected chi connectivity index (χ3v) is 11.0. The Labute approximate surface area is 345 Å². The number of thiophene rings is 2. The number of aromatic amines is 1. The summed E-state index contributed by atoms with van der Waals surface area (Å²) >= 11 is 3.51. The Morgan fingerprint density at radius 3 is 1.39 bits per heavy atom. The quantitative estimate of drug-likeness (QED) is 0.139. The summed E-state index contributed by atoms with van der Waals surface area (Å²) in [6.45, 7) is 8.11. The molecule has 0 atom stereocenters. The fourth-order valence-corrected chi connectivity index (χ4v) is 7.74. The molecule has 0 bridgehead atoms. The molecule has 8 nitrogen and oxygen atoms in total. The SMILES string of the molecule is Cc1ccc(-c2ccc(C)cn2)nc1.Cc1ccc(-c2ccc(C)cn2)nc1.[Ru+3].c1csc(-c2ccc(-c3nc4c5cccnc5c5ncccc5c4[nH]3)s2)c1. The first-order valence-electron chi connectivity index (χ1n) is 17.8. The monoisotopic (exact) mass is 854 g/mol. The Balaban J connectivity index is 0.000000141. The average Bonchev–Trinajstić information content (AvgIpc) is 4.02. The molecule has 0 unspecified atom stereocenters. The molecule has 0 aliphatic rings. The van der Waals surface area contributed by atoms with Crippen LogP contribution in [0.2, 0.25) is 0 Å². The number of aromatic nitrogens is 8. The number of hydrogen-bond donors (Lipinski definition) is 1. The number of rotatable bonds is 4. The molecule has 11 heteroatoms. The predicted octanol–water partition coefficient (Wildman–Crippen LogP) is 11.6. The maximum atomic E-state index is 4.95. The van der Waals surface area contributed by atoms with Crippen molar-refractivity contribution in [3.8, 4) is 43.2 Å². The van der Waals surface area contributed by atoms with Gasteiger partial charge in [-0.2, -0.15) is 0 Å². The van der Waals surface area contributed by atoms with E-state index in [-0.39, 0.29) is 19.5 Å². The molecule has 0 spiro atoms. The van der Waals surface area contributed by atoms with E-state index in [0.29, 0.717) is 0 Å². The second-order valence-electron chi connectivity index (χ2n) is 13.1. The van der Waals surface area contributed by atoms with Crippen molar-refractivity contribution in [2.75, 3.05) is 0 Å². The van der Waals surface area contributed by atoms with Crippen molar-refractivity contribution in [1.82, 2.24) is 39.9 Å². The van der Waals surface area contributed by atoms with Gasteiger partial charge >= 0.3 is 19.5 Å². The van der Waals surface area contributed by atoms with Gasteiger partial charge in [0.05, 0.1) is 49.7 Å². The van der Waals surface area contributed by atoms with Gasteiger partial charge in [0, 0.05) is 57.7 Å². The molecular weight excluding hydrogens is 818 g/mol. The van der Waals surface area contributed by atoms with Gasteiger partial charge in [-0.3, -0.25) is 29.9 Å². The Morgan fingerprint density at radius 1 is 0.446 bits per heavy atom. The van der Waals surface area contributed by atoms with E-state index in [0.717, 1.165) is 66.3 Å². The van der Waals surface area contributed by atoms with Crippen LogP contribution in [0, 0.1) is 27.7 Å². The number of aryl methyl sites for hydroxylation is 4. The molecule has 9 heterocycles. The number of pyridine rings is 6. The molecule has 0 amide bonds. The van der Waals surface area contributed by atoms with Crippen molar-refractivity contribution < 1.29 is 19.5 Å². The molecule has 0 aliphatic carbocycles. The number of nitrogens with one attached hydrogen (secondary N) is 1. The summed E-state index contributed by atoms with van der Waals surface area (Å²) in [6.07, 6.45) is 11.1. The van der Waals surface area contributed by atoms with Crippen LogP contribution < -0.4 is 0 Å². The second-order valence-corrected chi connectivity index (χ2v) is 15.2. The normalized spacial score (nSPS) is 10.7. The van der Waals surface area contributed by atoms with E-state index in [1.165, 1.54) is 32.0 Å². The topological polar surface area (TPSA) is 106 Å². The summed E-state index contributed by atoms with van der Waals surface area (Å²) in [6, 6.07) is 32.7. The molecule has 1 N–H and O–H groups in total. The zero-order valence-corrected chi connectivity index (χ0v) is 34.5. The molecule has 56 heavy (non-hydrogen) atoms. The van der Waals surface area contributed by atoms with Crippen molar-refractivity contribution in [1.29, 1.82) is 0 Å². The van der Waals surface area contributed by atoms with Crippen molar-refractivity contribution >= 4 is 55.5 Å². The standard InChI is InChI=1S/C21H12N4S2.2C12H12N2.Ru/c1-4-12-17(22-9-1)18-13(5-2-10-23-18)20-19(12)24-21(25-20)16-8-7-15(27-16)14-6-3-11-26-14;2*1-9-3-5-11(13-7-9)12-6-4-10(2)8-14-12;/h1-11H,(H,24,25);2*3-8H,1-2H3;/q;;;+3. The van der Waals surface area contributed by atoms with Gasteiger partial charge in [-0.05, 0) is 122 Å². The molecular formula is C45H36N8RuS2+3. The Morgan fingerprint density at radius 2 is 0.929 bits per heavy atom. The first-order valence-corrected chi connectivity index (χ1v) is 19.5. The van der Waals surface area contributed by atoms with Crippen LogP contribution in [0.25, 0.3) is 76.1 Å². The van der Waals surface area contributed by atoms with E-state index in [2.05, 4.69) is 76.7 Å². The van der Waals surface area contributed by atoms with Crippen molar-refractivity contribution in [3.05, 3.63) is 162 Å². The number of nitrogens with zero attached hydrogens (tertiary/aromatic N) is 7. The fraction of sp³-hybridized carbons (Fsp3) is 0.0889. The summed E-state index contributed by atoms with van der Waals surface area (Å²) in [5.41, 5.74) is 12.1. The van der Waals surface area contributed by atoms with Gasteiger partial charge in [-0.25, -0.2) is 4.98 Å². The second kappa shape index (κ2) is 17.3. The predicted molar refractivity (Wildman–Crippen MR) is 227 cm³/mol. The molecule has 273 valence electrons. The Bertz CT molecular complexity index is 2590. The van der Waals surface area contributed by atoms with Crippen LogP contribution in [-0.2, 0) is 19.5 Å². The molecule has 0 aliphatic heterocycles. The molecule has 1 aromatic carbocycles. The van der Waals surface area contributed by atoms with Crippen molar-refractivity contribution in [3.63, 3.8) is 0 Å². The first-order chi connectivity index (χ1) is 26.9. The minimum absolute atomic E-state index is 0. The van der Waals surface area contributed by atoms with Gasteiger partial charge < -0.3 is 4.98 Å². The zero-order chi connectivity index (χ0) is 37.7.